The molecule has 0 fully saturated rings. The van der Waals surface area contributed by atoms with E-state index < -0.39 is 19.6 Å². The lowest BCUT2D eigenvalue weighted by Gasteiger charge is -2.01. The Morgan fingerprint density at radius 3 is 2.43 bits per heavy atom. The Bertz CT molecular complexity index is 259. The fourth-order valence-electron chi connectivity index (χ4n) is 0.704. The monoisotopic (exact) mass is 223 g/mol. The van der Waals surface area contributed by atoms with Crippen LogP contribution in [0.1, 0.15) is 12.8 Å². The maximum Gasteiger partial charge on any atom is 0.325 e. The van der Waals surface area contributed by atoms with E-state index in [-0.39, 0.29) is 19.0 Å². The topological polar surface area (TPSA) is 121 Å². The number of carboxylic acids is 1. The third kappa shape index (κ3) is 7.94. The molecule has 0 aromatic heterocycles. The van der Waals surface area contributed by atoms with Gasteiger partial charge in [0.05, 0.1) is 6.16 Å². The van der Waals surface area contributed by atoms with E-state index in [1.807, 2.05) is 0 Å². The number of hydrogen-bond donors (Lipinski definition) is 4. The molecule has 0 aliphatic rings. The molecule has 0 aliphatic carbocycles. The molecular weight excluding hydrogens is 209 g/mol. The Morgan fingerprint density at radius 2 is 2.00 bits per heavy atom. The third-order valence-corrected chi connectivity index (χ3v) is 2.30. The van der Waals surface area contributed by atoms with Gasteiger partial charge in [-0.15, -0.1) is 0 Å². The van der Waals surface area contributed by atoms with E-state index in [4.69, 9.17) is 20.6 Å². The molecule has 0 bridgehead atoms. The molecule has 14 heavy (non-hydrogen) atoms. The maximum absolute atomic E-state index is 10.4. The molecule has 0 rings (SSSR count). The van der Waals surface area contributed by atoms with Crippen molar-refractivity contribution in [2.75, 3.05) is 6.16 Å². The molecule has 0 aromatic rings. The average Bonchev–Trinajstić information content (AvgIpc) is 2.01. The largest absolute Gasteiger partial charge is 0.480 e. The van der Waals surface area contributed by atoms with Gasteiger partial charge in [-0.25, -0.2) is 0 Å². The second kappa shape index (κ2) is 5.93. The second-order valence-corrected chi connectivity index (χ2v) is 4.61. The predicted octanol–water partition coefficient (Wildman–Crippen LogP) is -0.0876. The number of rotatable bonds is 6. The number of allylic oxidation sites excluding steroid dienone is 1. The Kier molecular flexibility index (Phi) is 5.64. The van der Waals surface area contributed by atoms with Crippen LogP contribution in [0.3, 0.4) is 0 Å². The van der Waals surface area contributed by atoms with Gasteiger partial charge in [-0.05, 0) is 12.8 Å². The molecule has 0 spiro atoms. The zero-order valence-electron chi connectivity index (χ0n) is 7.54. The van der Waals surface area contributed by atoms with Gasteiger partial charge in [0.15, 0.2) is 0 Å². The van der Waals surface area contributed by atoms with Gasteiger partial charge >= 0.3 is 13.6 Å². The molecule has 0 saturated carbocycles. The van der Waals surface area contributed by atoms with Crippen molar-refractivity contribution in [1.29, 1.82) is 0 Å². The SMILES string of the molecule is NC(CC=CCCP(=O)(O)O)C(=O)O. The van der Waals surface area contributed by atoms with Crippen molar-refractivity contribution in [3.8, 4) is 0 Å². The Balaban J connectivity index is 3.65. The first-order valence-electron chi connectivity index (χ1n) is 4.01. The summed E-state index contributed by atoms with van der Waals surface area (Å²) in [4.78, 5) is 27.2. The Labute approximate surface area is 81.6 Å². The molecule has 82 valence electrons. The zero-order chi connectivity index (χ0) is 11.2. The smallest absolute Gasteiger partial charge is 0.325 e. The zero-order valence-corrected chi connectivity index (χ0v) is 8.43. The average molecular weight is 223 g/mol. The number of hydrogen-bond acceptors (Lipinski definition) is 3. The first kappa shape index (κ1) is 13.3. The predicted molar refractivity (Wildman–Crippen MR) is 50.9 cm³/mol. The molecule has 1 unspecified atom stereocenters. The third-order valence-electron chi connectivity index (χ3n) is 1.46. The van der Waals surface area contributed by atoms with Crippen molar-refractivity contribution in [3.63, 3.8) is 0 Å². The van der Waals surface area contributed by atoms with Crippen molar-refractivity contribution < 1.29 is 24.3 Å². The van der Waals surface area contributed by atoms with Crippen LogP contribution in [0.25, 0.3) is 0 Å². The minimum atomic E-state index is -3.95. The molecule has 5 N–H and O–H groups in total. The highest BCUT2D eigenvalue weighted by Crippen LogP contribution is 2.34. The van der Waals surface area contributed by atoms with E-state index in [0.29, 0.717) is 0 Å². The van der Waals surface area contributed by atoms with Crippen LogP contribution in [0.5, 0.6) is 0 Å². The van der Waals surface area contributed by atoms with Gasteiger partial charge < -0.3 is 20.6 Å². The molecule has 1 atom stereocenters. The van der Waals surface area contributed by atoms with Crippen LogP contribution in [0.4, 0.5) is 0 Å². The molecule has 0 aromatic carbocycles. The van der Waals surface area contributed by atoms with Crippen molar-refractivity contribution in [1.82, 2.24) is 0 Å². The van der Waals surface area contributed by atoms with E-state index in [1.54, 1.807) is 0 Å². The summed E-state index contributed by atoms with van der Waals surface area (Å²) >= 11 is 0. The first-order valence-corrected chi connectivity index (χ1v) is 5.80. The van der Waals surface area contributed by atoms with Gasteiger partial charge in [0.1, 0.15) is 6.04 Å². The quantitative estimate of drug-likeness (QED) is 0.369. The fraction of sp³-hybridized carbons (Fsp3) is 0.571. The number of nitrogens with two attached hydrogens (primary N) is 1. The van der Waals surface area contributed by atoms with Crippen LogP contribution in [0.2, 0.25) is 0 Å². The Morgan fingerprint density at radius 1 is 1.43 bits per heavy atom. The van der Waals surface area contributed by atoms with Gasteiger partial charge in [0.25, 0.3) is 0 Å². The molecular formula is C7H14NO5P. The summed E-state index contributed by atoms with van der Waals surface area (Å²) in [6, 6.07) is -0.957. The fourth-order valence-corrected chi connectivity index (χ4v) is 1.19. The summed E-state index contributed by atoms with van der Waals surface area (Å²) in [5, 5.41) is 8.38. The summed E-state index contributed by atoms with van der Waals surface area (Å²) < 4.78 is 10.4. The molecule has 0 radical (unpaired) electrons. The molecule has 6 nitrogen and oxygen atoms in total. The second-order valence-electron chi connectivity index (χ2n) is 2.83. The summed E-state index contributed by atoms with van der Waals surface area (Å²) in [7, 11) is -3.95. The van der Waals surface area contributed by atoms with Gasteiger partial charge in [-0.2, -0.15) is 0 Å². The van der Waals surface area contributed by atoms with E-state index in [9.17, 15) is 9.36 Å². The molecule has 0 saturated heterocycles. The van der Waals surface area contributed by atoms with Crippen molar-refractivity contribution in [3.05, 3.63) is 12.2 Å². The van der Waals surface area contributed by atoms with Crippen LogP contribution in [0.15, 0.2) is 12.2 Å². The van der Waals surface area contributed by atoms with Gasteiger partial charge in [-0.1, -0.05) is 12.2 Å². The van der Waals surface area contributed by atoms with Crippen LogP contribution < -0.4 is 5.73 Å². The molecule has 0 aliphatic heterocycles. The van der Waals surface area contributed by atoms with E-state index in [1.165, 1.54) is 12.2 Å². The number of aliphatic carboxylic acids is 1. The van der Waals surface area contributed by atoms with Crippen molar-refractivity contribution in [2.45, 2.75) is 18.9 Å². The van der Waals surface area contributed by atoms with Crippen molar-refractivity contribution >= 4 is 13.6 Å². The van der Waals surface area contributed by atoms with E-state index in [2.05, 4.69) is 0 Å². The number of carboxylic acid groups (broad SMARTS) is 1. The van der Waals surface area contributed by atoms with Crippen LogP contribution >= 0.6 is 7.60 Å². The number of carbonyl (C=O) groups is 1. The highest BCUT2D eigenvalue weighted by molar-refractivity contribution is 7.51. The van der Waals surface area contributed by atoms with Gasteiger partial charge in [-0.3, -0.25) is 9.36 Å². The highest BCUT2D eigenvalue weighted by atomic mass is 31.2. The molecule has 0 heterocycles. The van der Waals surface area contributed by atoms with E-state index in [0.717, 1.165) is 0 Å². The van der Waals surface area contributed by atoms with Crippen molar-refractivity contribution in [2.24, 2.45) is 5.73 Å². The molecule has 7 heteroatoms. The lowest BCUT2D eigenvalue weighted by molar-refractivity contribution is -0.138. The lowest BCUT2D eigenvalue weighted by Crippen LogP contribution is -2.29. The van der Waals surface area contributed by atoms with Crippen LogP contribution in [-0.4, -0.2) is 33.1 Å². The Hall–Kier alpha value is -0.680. The van der Waals surface area contributed by atoms with Gasteiger partial charge in [0, 0.05) is 0 Å². The maximum atomic E-state index is 10.4. The van der Waals surface area contributed by atoms with E-state index >= 15 is 0 Å². The summed E-state index contributed by atoms with van der Waals surface area (Å²) in [6.07, 6.45) is 3.18. The highest BCUT2D eigenvalue weighted by Gasteiger charge is 2.10. The lowest BCUT2D eigenvalue weighted by atomic mass is 10.2. The first-order chi connectivity index (χ1) is 6.33. The summed E-state index contributed by atoms with van der Waals surface area (Å²) in [5.74, 6) is -1.09. The summed E-state index contributed by atoms with van der Waals surface area (Å²) in [6.45, 7) is 0. The van der Waals surface area contributed by atoms with Crippen LogP contribution in [-0.2, 0) is 9.36 Å². The minimum absolute atomic E-state index is 0.163. The van der Waals surface area contributed by atoms with Crippen LogP contribution in [0, 0.1) is 0 Å². The van der Waals surface area contributed by atoms with Gasteiger partial charge in [0.2, 0.25) is 0 Å². The summed E-state index contributed by atoms with van der Waals surface area (Å²) in [5.41, 5.74) is 5.18. The molecule has 0 amide bonds. The minimum Gasteiger partial charge on any atom is -0.480 e. The normalized spacial score (nSPS) is 14.5. The standard InChI is InChI=1S/C7H14NO5P/c8-6(7(9)10)4-2-1-3-5-14(11,12)13/h1-2,6H,3-5,8H2,(H,9,10)(H2,11,12,13).